The Balaban J connectivity index is 2.10. The minimum absolute atomic E-state index is 0.101. The molecule has 2 aromatic carbocycles. The zero-order valence-electron chi connectivity index (χ0n) is 16.9. The van der Waals surface area contributed by atoms with E-state index in [0.29, 0.717) is 24.3 Å². The first-order valence-electron chi connectivity index (χ1n) is 9.24. The summed E-state index contributed by atoms with van der Waals surface area (Å²) in [7, 11) is -2.25. The highest BCUT2D eigenvalue weighted by atomic mass is 32.2. The van der Waals surface area contributed by atoms with Gasteiger partial charge in [-0.15, -0.1) is 0 Å². The van der Waals surface area contributed by atoms with Crippen LogP contribution >= 0.6 is 0 Å². The van der Waals surface area contributed by atoms with Crippen LogP contribution in [0.25, 0.3) is 0 Å². The largest absolute Gasteiger partial charge is 0.494 e. The lowest BCUT2D eigenvalue weighted by Gasteiger charge is -2.19. The Morgan fingerprint density at radius 3 is 2.45 bits per heavy atom. The molecule has 2 aromatic rings. The number of hydrogen-bond acceptors (Lipinski definition) is 4. The Morgan fingerprint density at radius 1 is 1.17 bits per heavy atom. The summed E-state index contributed by atoms with van der Waals surface area (Å²) in [6.45, 7) is 5.95. The summed E-state index contributed by atoms with van der Waals surface area (Å²) in [5.74, 6) is -0.398. The van der Waals surface area contributed by atoms with E-state index >= 15 is 0 Å². The number of nitrogens with one attached hydrogen (secondary N) is 2. The van der Waals surface area contributed by atoms with Gasteiger partial charge in [0.05, 0.1) is 18.0 Å². The van der Waals surface area contributed by atoms with Crippen LogP contribution in [0.3, 0.4) is 0 Å². The molecule has 0 bridgehead atoms. The predicted octanol–water partition coefficient (Wildman–Crippen LogP) is 3.75. The minimum Gasteiger partial charge on any atom is -0.494 e. The molecule has 9 heteroatoms. The van der Waals surface area contributed by atoms with Crippen LogP contribution in [-0.4, -0.2) is 39.0 Å². The molecule has 0 saturated carbocycles. The summed E-state index contributed by atoms with van der Waals surface area (Å²) in [4.78, 5) is 12.4. The molecular formula is C20H26FN3O4S. The van der Waals surface area contributed by atoms with E-state index < -0.39 is 27.9 Å². The van der Waals surface area contributed by atoms with Gasteiger partial charge in [0.25, 0.3) is 0 Å². The number of sulfonamides is 1. The average Bonchev–Trinajstić information content (AvgIpc) is 2.68. The van der Waals surface area contributed by atoms with E-state index in [1.54, 1.807) is 39.0 Å². The summed E-state index contributed by atoms with van der Waals surface area (Å²) in [5, 5.41) is 5.31. The molecule has 0 aliphatic carbocycles. The second-order valence-corrected chi connectivity index (χ2v) is 8.27. The number of benzene rings is 2. The Labute approximate surface area is 170 Å². The zero-order chi connectivity index (χ0) is 21.6. The van der Waals surface area contributed by atoms with Gasteiger partial charge in [0.15, 0.2) is 11.6 Å². The number of anilines is 1. The van der Waals surface area contributed by atoms with Gasteiger partial charge in [-0.2, -0.15) is 4.31 Å². The van der Waals surface area contributed by atoms with Crippen LogP contribution in [0.1, 0.15) is 32.4 Å². The lowest BCUT2D eigenvalue weighted by molar-refractivity contribution is 0.249. The first kappa shape index (κ1) is 22.6. The zero-order valence-corrected chi connectivity index (χ0v) is 17.7. The molecule has 158 valence electrons. The fraction of sp³-hybridized carbons (Fsp3) is 0.350. The molecule has 1 atom stereocenters. The normalized spacial score (nSPS) is 12.5. The molecule has 0 unspecified atom stereocenters. The third kappa shape index (κ3) is 5.45. The third-order valence-corrected chi connectivity index (χ3v) is 6.50. The van der Waals surface area contributed by atoms with E-state index in [9.17, 15) is 17.6 Å². The van der Waals surface area contributed by atoms with Gasteiger partial charge >= 0.3 is 6.03 Å². The van der Waals surface area contributed by atoms with E-state index in [2.05, 4.69) is 10.6 Å². The van der Waals surface area contributed by atoms with E-state index in [4.69, 9.17) is 4.74 Å². The van der Waals surface area contributed by atoms with Gasteiger partial charge in [-0.1, -0.05) is 26.0 Å². The molecule has 0 aliphatic heterocycles. The molecule has 0 radical (unpaired) electrons. The van der Waals surface area contributed by atoms with Gasteiger partial charge in [0.2, 0.25) is 10.0 Å². The van der Waals surface area contributed by atoms with Crippen LogP contribution in [-0.2, 0) is 10.0 Å². The molecule has 2 rings (SSSR count). The van der Waals surface area contributed by atoms with Crippen LogP contribution in [0.4, 0.5) is 14.9 Å². The van der Waals surface area contributed by atoms with Crippen molar-refractivity contribution in [2.75, 3.05) is 25.5 Å². The number of nitrogens with zero attached hydrogens (tertiary/aromatic N) is 1. The first-order chi connectivity index (χ1) is 13.7. The van der Waals surface area contributed by atoms with Crippen molar-refractivity contribution in [3.05, 3.63) is 53.8 Å². The van der Waals surface area contributed by atoms with Crippen molar-refractivity contribution in [3.8, 4) is 5.75 Å². The minimum atomic E-state index is -3.63. The van der Waals surface area contributed by atoms with Crippen molar-refractivity contribution in [1.29, 1.82) is 0 Å². The molecule has 7 nitrogen and oxygen atoms in total. The van der Waals surface area contributed by atoms with Crippen LogP contribution in [0.2, 0.25) is 0 Å². The average molecular weight is 424 g/mol. The predicted molar refractivity (Wildman–Crippen MR) is 110 cm³/mol. The second kappa shape index (κ2) is 9.71. The monoisotopic (exact) mass is 423 g/mol. The fourth-order valence-corrected chi connectivity index (χ4v) is 4.35. The van der Waals surface area contributed by atoms with Gasteiger partial charge in [0.1, 0.15) is 0 Å². The highest BCUT2D eigenvalue weighted by Crippen LogP contribution is 2.22. The van der Waals surface area contributed by atoms with E-state index in [-0.39, 0.29) is 10.6 Å². The second-order valence-electron chi connectivity index (χ2n) is 6.33. The summed E-state index contributed by atoms with van der Waals surface area (Å²) < 4.78 is 45.3. The van der Waals surface area contributed by atoms with Crippen LogP contribution in [0, 0.1) is 5.82 Å². The number of amides is 2. The van der Waals surface area contributed by atoms with E-state index in [1.165, 1.54) is 35.7 Å². The number of methoxy groups -OCH3 is 1. The molecule has 0 aromatic heterocycles. The Morgan fingerprint density at radius 2 is 1.86 bits per heavy atom. The summed E-state index contributed by atoms with van der Waals surface area (Å²) >= 11 is 0. The number of hydrogen-bond donors (Lipinski definition) is 2. The maximum absolute atomic E-state index is 13.9. The molecule has 0 aliphatic rings. The Hall–Kier alpha value is -2.65. The summed E-state index contributed by atoms with van der Waals surface area (Å²) in [5.41, 5.74) is 0.903. The van der Waals surface area contributed by atoms with Gasteiger partial charge < -0.3 is 15.4 Å². The van der Waals surface area contributed by atoms with Crippen LogP contribution < -0.4 is 15.4 Å². The van der Waals surface area contributed by atoms with Crippen LogP contribution in [0.5, 0.6) is 5.75 Å². The number of urea groups is 1. The fourth-order valence-electron chi connectivity index (χ4n) is 2.85. The topological polar surface area (TPSA) is 87.7 Å². The molecule has 0 spiro atoms. The Kier molecular flexibility index (Phi) is 7.58. The number of halogens is 1. The lowest BCUT2D eigenvalue weighted by Crippen LogP contribution is -2.32. The maximum Gasteiger partial charge on any atom is 0.319 e. The molecule has 29 heavy (non-hydrogen) atoms. The molecular weight excluding hydrogens is 397 g/mol. The van der Waals surface area contributed by atoms with Crippen molar-refractivity contribution in [2.24, 2.45) is 0 Å². The number of ether oxygens (including phenoxy) is 1. The molecule has 0 fully saturated rings. The highest BCUT2D eigenvalue weighted by molar-refractivity contribution is 7.89. The quantitative estimate of drug-likeness (QED) is 0.677. The third-order valence-electron chi connectivity index (χ3n) is 4.46. The maximum atomic E-state index is 13.9. The molecule has 2 N–H and O–H groups in total. The van der Waals surface area contributed by atoms with Gasteiger partial charge in [-0.25, -0.2) is 17.6 Å². The van der Waals surface area contributed by atoms with Crippen molar-refractivity contribution in [1.82, 2.24) is 9.62 Å². The van der Waals surface area contributed by atoms with Crippen molar-refractivity contribution in [3.63, 3.8) is 0 Å². The first-order valence-corrected chi connectivity index (χ1v) is 10.7. The lowest BCUT2D eigenvalue weighted by atomic mass is 10.1. The number of carbonyl (C=O) groups is 1. The van der Waals surface area contributed by atoms with Gasteiger partial charge in [-0.05, 0) is 42.8 Å². The van der Waals surface area contributed by atoms with Crippen LogP contribution in [0.15, 0.2) is 47.4 Å². The standard InChI is InChI=1S/C20H26FN3O4S/c1-5-24(6-2)29(26,27)17-9-7-8-16(13-17)23-20(25)22-14(3)15-10-11-19(28-4)18(21)12-15/h7-14H,5-6H2,1-4H3,(H2,22,23,25)/t14-/m1/s1. The van der Waals surface area contributed by atoms with E-state index in [0.717, 1.165) is 0 Å². The van der Waals surface area contributed by atoms with Gasteiger partial charge in [-0.3, -0.25) is 0 Å². The van der Waals surface area contributed by atoms with Crippen molar-refractivity contribution >= 4 is 21.7 Å². The highest BCUT2D eigenvalue weighted by Gasteiger charge is 2.22. The molecule has 2 amide bonds. The molecule has 0 saturated heterocycles. The van der Waals surface area contributed by atoms with Crippen molar-refractivity contribution < 1.29 is 22.3 Å². The van der Waals surface area contributed by atoms with Gasteiger partial charge in [0, 0.05) is 18.8 Å². The molecule has 0 heterocycles. The number of rotatable bonds is 8. The van der Waals surface area contributed by atoms with Crippen molar-refractivity contribution in [2.45, 2.75) is 31.7 Å². The van der Waals surface area contributed by atoms with E-state index in [1.807, 2.05) is 0 Å². The SMILES string of the molecule is CCN(CC)S(=O)(=O)c1cccc(NC(=O)N[C@H](C)c2ccc(OC)c(F)c2)c1. The smallest absolute Gasteiger partial charge is 0.319 e. The summed E-state index contributed by atoms with van der Waals surface area (Å²) in [6.07, 6.45) is 0. The Bertz CT molecular complexity index is 962. The summed E-state index contributed by atoms with van der Waals surface area (Å²) in [6, 6.07) is 9.48. The number of carbonyl (C=O) groups excluding carboxylic acids is 1.